The first-order chi connectivity index (χ1) is 9.23. The number of aromatic nitrogens is 2. The molecule has 0 aliphatic heterocycles. The van der Waals surface area contributed by atoms with Gasteiger partial charge in [-0.3, -0.25) is 19.1 Å². The third kappa shape index (κ3) is 2.39. The summed E-state index contributed by atoms with van der Waals surface area (Å²) in [6.45, 7) is 1.62. The van der Waals surface area contributed by atoms with Gasteiger partial charge in [0.1, 0.15) is 0 Å². The molecule has 0 unspecified atom stereocenters. The maximum atomic E-state index is 12.5. The third-order valence-electron chi connectivity index (χ3n) is 2.63. The van der Waals surface area contributed by atoms with Gasteiger partial charge >= 0.3 is 5.00 Å². The fourth-order valence-electron chi connectivity index (χ4n) is 1.63. The Hall–Kier alpha value is -1.94. The van der Waals surface area contributed by atoms with Gasteiger partial charge in [0.05, 0.1) is 4.92 Å². The second kappa shape index (κ2) is 4.87. The minimum absolute atomic E-state index is 0.200. The molecule has 108 valence electrons. The van der Waals surface area contributed by atoms with Crippen LogP contribution < -0.4 is 4.31 Å². The maximum Gasteiger partial charge on any atom is 0.344 e. The summed E-state index contributed by atoms with van der Waals surface area (Å²) in [4.78, 5) is 10.5. The molecule has 0 spiro atoms. The Bertz CT molecular complexity index is 762. The van der Waals surface area contributed by atoms with Gasteiger partial charge in [-0.25, -0.2) is 8.42 Å². The van der Waals surface area contributed by atoms with Crippen molar-refractivity contribution in [2.45, 2.75) is 11.8 Å². The van der Waals surface area contributed by atoms with Crippen molar-refractivity contribution in [2.75, 3.05) is 11.4 Å². The van der Waals surface area contributed by atoms with Crippen LogP contribution in [0, 0.1) is 17.0 Å². The van der Waals surface area contributed by atoms with E-state index in [0.29, 0.717) is 4.88 Å². The summed E-state index contributed by atoms with van der Waals surface area (Å²) in [5.41, 5.74) is 0. The Labute approximate surface area is 119 Å². The Morgan fingerprint density at radius 1 is 1.50 bits per heavy atom. The first kappa shape index (κ1) is 14.5. The Balaban J connectivity index is 2.53. The van der Waals surface area contributed by atoms with E-state index in [1.807, 2.05) is 0 Å². The van der Waals surface area contributed by atoms with Crippen LogP contribution in [0.15, 0.2) is 23.2 Å². The van der Waals surface area contributed by atoms with Crippen LogP contribution in [-0.2, 0) is 17.1 Å². The minimum Gasteiger partial charge on any atom is -0.274 e. The van der Waals surface area contributed by atoms with Gasteiger partial charge in [0.25, 0.3) is 10.0 Å². The fourth-order valence-corrected chi connectivity index (χ4v) is 4.12. The molecule has 0 radical (unpaired) electrons. The lowest BCUT2D eigenvalue weighted by Gasteiger charge is -2.15. The maximum absolute atomic E-state index is 12.5. The van der Waals surface area contributed by atoms with E-state index in [1.54, 1.807) is 20.2 Å². The van der Waals surface area contributed by atoms with Crippen molar-refractivity contribution in [2.24, 2.45) is 7.05 Å². The van der Waals surface area contributed by atoms with Gasteiger partial charge in [-0.2, -0.15) is 5.10 Å². The van der Waals surface area contributed by atoms with Crippen molar-refractivity contribution in [1.29, 1.82) is 0 Å². The van der Waals surface area contributed by atoms with Crippen molar-refractivity contribution < 1.29 is 13.3 Å². The zero-order valence-corrected chi connectivity index (χ0v) is 12.6. The summed E-state index contributed by atoms with van der Waals surface area (Å²) >= 11 is 0.837. The number of nitrogens with zero attached hydrogens (tertiary/aromatic N) is 4. The van der Waals surface area contributed by atoms with Crippen LogP contribution in [-0.4, -0.2) is 30.2 Å². The van der Waals surface area contributed by atoms with Crippen molar-refractivity contribution in [3.8, 4) is 0 Å². The highest BCUT2D eigenvalue weighted by Gasteiger charge is 2.33. The quantitative estimate of drug-likeness (QED) is 0.629. The molecule has 0 saturated heterocycles. The molecule has 2 heterocycles. The van der Waals surface area contributed by atoms with Crippen molar-refractivity contribution in [1.82, 2.24) is 9.78 Å². The van der Waals surface area contributed by atoms with E-state index >= 15 is 0 Å². The summed E-state index contributed by atoms with van der Waals surface area (Å²) in [6.07, 6.45) is 1.59. The molecule has 0 aliphatic rings. The molecule has 2 aromatic rings. The summed E-state index contributed by atoms with van der Waals surface area (Å²) in [5.74, 6) is 0.200. The molecule has 2 rings (SSSR count). The van der Waals surface area contributed by atoms with E-state index in [-0.39, 0.29) is 15.7 Å². The van der Waals surface area contributed by atoms with Crippen LogP contribution in [0.4, 0.5) is 10.8 Å². The summed E-state index contributed by atoms with van der Waals surface area (Å²) in [5, 5.41) is 14.6. The number of sulfonamides is 1. The highest BCUT2D eigenvalue weighted by molar-refractivity contribution is 7.93. The molecule has 0 aromatic carbocycles. The lowest BCUT2D eigenvalue weighted by Crippen LogP contribution is -2.27. The lowest BCUT2D eigenvalue weighted by molar-refractivity contribution is -0.383. The van der Waals surface area contributed by atoms with E-state index in [4.69, 9.17) is 0 Å². The number of thiophene rings is 1. The molecule has 0 saturated carbocycles. The second-order valence-corrected chi connectivity index (χ2v) is 7.28. The molecule has 0 atom stereocenters. The van der Waals surface area contributed by atoms with Gasteiger partial charge < -0.3 is 0 Å². The molecule has 10 heteroatoms. The van der Waals surface area contributed by atoms with Gasteiger partial charge in [-0.1, -0.05) is 11.3 Å². The van der Waals surface area contributed by atoms with Crippen LogP contribution >= 0.6 is 11.3 Å². The Morgan fingerprint density at radius 3 is 2.65 bits per heavy atom. The van der Waals surface area contributed by atoms with Crippen LogP contribution in [0.5, 0.6) is 0 Å². The number of hydrogen-bond acceptors (Lipinski definition) is 6. The summed E-state index contributed by atoms with van der Waals surface area (Å²) < 4.78 is 27.3. The fraction of sp³-hybridized carbons (Fsp3) is 0.300. The molecular weight excluding hydrogens is 304 g/mol. The van der Waals surface area contributed by atoms with Gasteiger partial charge in [-0.05, 0) is 13.0 Å². The third-order valence-corrected chi connectivity index (χ3v) is 5.54. The zero-order valence-electron chi connectivity index (χ0n) is 11.0. The topological polar surface area (TPSA) is 98.3 Å². The average molecular weight is 316 g/mol. The van der Waals surface area contributed by atoms with E-state index in [1.165, 1.54) is 23.9 Å². The predicted octanol–water partition coefficient (Wildman–Crippen LogP) is 1.52. The summed E-state index contributed by atoms with van der Waals surface area (Å²) in [7, 11) is -1.04. The first-order valence-electron chi connectivity index (χ1n) is 5.47. The number of nitro groups is 1. The standard InChI is InChI=1S/C10H12N4O4S2/c1-7-6-8(10(19-7)14(15)16)20(17,18)13(3)9-4-5-12(2)11-9/h4-6H,1-3H3. The number of rotatable bonds is 4. The first-order valence-corrected chi connectivity index (χ1v) is 7.72. The van der Waals surface area contributed by atoms with Gasteiger partial charge in [0, 0.05) is 31.2 Å². The number of anilines is 1. The van der Waals surface area contributed by atoms with Crippen LogP contribution in [0.2, 0.25) is 0 Å². The van der Waals surface area contributed by atoms with E-state index in [2.05, 4.69) is 5.10 Å². The van der Waals surface area contributed by atoms with E-state index < -0.39 is 14.9 Å². The molecule has 0 aliphatic carbocycles. The van der Waals surface area contributed by atoms with Gasteiger partial charge in [-0.15, -0.1) is 0 Å². The van der Waals surface area contributed by atoms with Crippen LogP contribution in [0.25, 0.3) is 0 Å². The number of hydrogen-bond donors (Lipinski definition) is 0. The van der Waals surface area contributed by atoms with Gasteiger partial charge in [0.2, 0.25) is 0 Å². The molecule has 0 amide bonds. The minimum atomic E-state index is -4.01. The Morgan fingerprint density at radius 2 is 2.15 bits per heavy atom. The SMILES string of the molecule is Cc1cc(S(=O)(=O)N(C)c2ccn(C)n2)c([N+](=O)[O-])s1. The Kier molecular flexibility index (Phi) is 3.52. The van der Waals surface area contributed by atoms with Crippen molar-refractivity contribution in [3.05, 3.63) is 33.3 Å². The van der Waals surface area contributed by atoms with Gasteiger partial charge in [0.15, 0.2) is 10.7 Å². The molecule has 20 heavy (non-hydrogen) atoms. The zero-order chi connectivity index (χ0) is 15.1. The molecule has 0 fully saturated rings. The van der Waals surface area contributed by atoms with Crippen LogP contribution in [0.1, 0.15) is 4.88 Å². The monoisotopic (exact) mass is 316 g/mol. The van der Waals surface area contributed by atoms with E-state index in [9.17, 15) is 18.5 Å². The van der Waals surface area contributed by atoms with E-state index in [0.717, 1.165) is 15.6 Å². The molecule has 0 N–H and O–H groups in total. The van der Waals surface area contributed by atoms with Crippen molar-refractivity contribution in [3.63, 3.8) is 0 Å². The molecular formula is C10H12N4O4S2. The molecule has 8 nitrogen and oxygen atoms in total. The van der Waals surface area contributed by atoms with Crippen molar-refractivity contribution >= 4 is 32.2 Å². The number of aryl methyl sites for hydroxylation is 2. The average Bonchev–Trinajstić information content (AvgIpc) is 2.94. The smallest absolute Gasteiger partial charge is 0.274 e. The highest BCUT2D eigenvalue weighted by atomic mass is 32.2. The molecule has 2 aromatic heterocycles. The summed E-state index contributed by atoms with van der Waals surface area (Å²) in [6, 6.07) is 2.82. The lowest BCUT2D eigenvalue weighted by atomic mass is 10.5. The normalized spacial score (nSPS) is 11.6. The second-order valence-electron chi connectivity index (χ2n) is 4.10. The largest absolute Gasteiger partial charge is 0.344 e. The predicted molar refractivity (Wildman–Crippen MR) is 74.5 cm³/mol. The van der Waals surface area contributed by atoms with Crippen LogP contribution in [0.3, 0.4) is 0 Å². The molecule has 0 bridgehead atoms. The highest BCUT2D eigenvalue weighted by Crippen LogP contribution is 2.35.